The maximum atomic E-state index is 13.1. The smallest absolute Gasteiger partial charge is 0.368 e. The fourth-order valence-electron chi connectivity index (χ4n) is 4.81. The van der Waals surface area contributed by atoms with Gasteiger partial charge in [0.05, 0.1) is 0 Å². The van der Waals surface area contributed by atoms with Gasteiger partial charge in [-0.05, 0) is 62.9 Å². The number of carbonyl (C=O) groups is 1. The molecule has 1 aromatic carbocycles. The first-order chi connectivity index (χ1) is 16.2. The molecule has 178 valence electrons. The van der Waals surface area contributed by atoms with Crippen LogP contribution in [0.25, 0.3) is 16.6 Å². The molecular weight excluding hydrogens is 443 g/mol. The third kappa shape index (κ3) is 4.10. The number of imidazole rings is 1. The molecule has 2 N–H and O–H groups in total. The highest BCUT2D eigenvalue weighted by molar-refractivity contribution is 6.06. The van der Waals surface area contributed by atoms with Crippen LogP contribution in [0.1, 0.15) is 47.4 Å². The second-order valence-corrected chi connectivity index (χ2v) is 9.01. The SMILES string of the molecule is Cc1cc2c(C(=O)NC3CCC(Nc4cccc5nc(C(F)(F)F)cn45)CC3)cccc2n1C. The molecule has 6 nitrogen and oxygen atoms in total. The van der Waals surface area contributed by atoms with Crippen molar-refractivity contribution in [2.24, 2.45) is 7.05 Å². The van der Waals surface area contributed by atoms with Crippen molar-refractivity contribution < 1.29 is 18.0 Å². The number of carbonyl (C=O) groups excluding carboxylic acids is 1. The molecule has 34 heavy (non-hydrogen) atoms. The average molecular weight is 470 g/mol. The summed E-state index contributed by atoms with van der Waals surface area (Å²) in [4.78, 5) is 16.7. The minimum Gasteiger partial charge on any atom is -0.368 e. The van der Waals surface area contributed by atoms with E-state index in [1.807, 2.05) is 38.2 Å². The number of anilines is 1. The number of nitrogens with zero attached hydrogens (tertiary/aromatic N) is 3. The highest BCUT2D eigenvalue weighted by atomic mass is 19.4. The van der Waals surface area contributed by atoms with E-state index in [4.69, 9.17) is 0 Å². The summed E-state index contributed by atoms with van der Waals surface area (Å²) < 4.78 is 42.7. The van der Waals surface area contributed by atoms with Crippen LogP contribution in [0, 0.1) is 6.92 Å². The summed E-state index contributed by atoms with van der Waals surface area (Å²) >= 11 is 0. The maximum absolute atomic E-state index is 13.1. The molecule has 1 aliphatic carbocycles. The van der Waals surface area contributed by atoms with E-state index in [1.165, 1.54) is 4.40 Å². The zero-order valence-corrected chi connectivity index (χ0v) is 19.0. The van der Waals surface area contributed by atoms with Crippen LogP contribution >= 0.6 is 0 Å². The zero-order valence-electron chi connectivity index (χ0n) is 19.0. The Bertz CT molecular complexity index is 1360. The van der Waals surface area contributed by atoms with Crippen LogP contribution < -0.4 is 10.6 Å². The Morgan fingerprint density at radius 2 is 1.76 bits per heavy atom. The number of amides is 1. The largest absolute Gasteiger partial charge is 0.434 e. The summed E-state index contributed by atoms with van der Waals surface area (Å²) in [5, 5.41) is 7.49. The van der Waals surface area contributed by atoms with Crippen LogP contribution in [0.4, 0.5) is 19.0 Å². The highest BCUT2D eigenvalue weighted by Gasteiger charge is 2.34. The van der Waals surface area contributed by atoms with Crippen LogP contribution in [0.15, 0.2) is 48.7 Å². The van der Waals surface area contributed by atoms with Gasteiger partial charge >= 0.3 is 6.18 Å². The Hall–Kier alpha value is -3.49. The predicted molar refractivity (Wildman–Crippen MR) is 125 cm³/mol. The van der Waals surface area contributed by atoms with Crippen LogP contribution in [0.2, 0.25) is 0 Å². The zero-order chi connectivity index (χ0) is 24.0. The molecule has 1 fully saturated rings. The summed E-state index contributed by atoms with van der Waals surface area (Å²) in [5.74, 6) is 0.509. The number of fused-ring (bicyclic) bond motifs is 2. The van der Waals surface area contributed by atoms with Gasteiger partial charge in [-0.1, -0.05) is 12.1 Å². The van der Waals surface area contributed by atoms with E-state index in [1.54, 1.807) is 18.2 Å². The minimum atomic E-state index is -4.48. The summed E-state index contributed by atoms with van der Waals surface area (Å²) in [6.45, 7) is 2.02. The molecule has 4 aromatic rings. The maximum Gasteiger partial charge on any atom is 0.434 e. The quantitative estimate of drug-likeness (QED) is 0.426. The van der Waals surface area contributed by atoms with Crippen LogP contribution in [0.3, 0.4) is 0 Å². The van der Waals surface area contributed by atoms with Crippen LogP contribution in [-0.2, 0) is 13.2 Å². The van der Waals surface area contributed by atoms with Crippen molar-refractivity contribution in [3.8, 4) is 0 Å². The molecule has 5 rings (SSSR count). The predicted octanol–water partition coefficient (Wildman–Crippen LogP) is 5.31. The lowest BCUT2D eigenvalue weighted by Gasteiger charge is -2.30. The van der Waals surface area contributed by atoms with Gasteiger partial charge < -0.3 is 15.2 Å². The lowest BCUT2D eigenvalue weighted by atomic mass is 9.91. The van der Waals surface area contributed by atoms with Gasteiger partial charge in [0.25, 0.3) is 5.91 Å². The van der Waals surface area contributed by atoms with Gasteiger partial charge in [0.1, 0.15) is 11.5 Å². The number of aromatic nitrogens is 3. The number of hydrogen-bond acceptors (Lipinski definition) is 3. The van der Waals surface area contributed by atoms with Crippen molar-refractivity contribution in [2.75, 3.05) is 5.32 Å². The second-order valence-electron chi connectivity index (χ2n) is 9.01. The second kappa shape index (κ2) is 8.38. The highest BCUT2D eigenvalue weighted by Crippen LogP contribution is 2.30. The standard InChI is InChI=1S/C25H26F3N5O/c1-15-13-19-18(5-3-6-20(19)32(15)2)24(34)30-17-11-9-16(10-12-17)29-22-7-4-8-23-31-21(14-33(22)23)25(26,27)28/h3-8,13-14,16-17,29H,9-12H2,1-2H3,(H,30,34). The Balaban J connectivity index is 1.23. The number of aryl methyl sites for hydroxylation is 2. The molecule has 0 atom stereocenters. The van der Waals surface area contributed by atoms with Crippen molar-refractivity contribution in [1.82, 2.24) is 19.3 Å². The molecular formula is C25H26F3N5O. The van der Waals surface area contributed by atoms with E-state index in [0.717, 1.165) is 48.5 Å². The van der Waals surface area contributed by atoms with E-state index in [0.29, 0.717) is 11.4 Å². The first kappa shape index (κ1) is 22.3. The topological polar surface area (TPSA) is 63.4 Å². The van der Waals surface area contributed by atoms with Gasteiger partial charge in [-0.2, -0.15) is 13.2 Å². The van der Waals surface area contributed by atoms with Crippen molar-refractivity contribution in [3.63, 3.8) is 0 Å². The van der Waals surface area contributed by atoms with E-state index < -0.39 is 11.9 Å². The van der Waals surface area contributed by atoms with Crippen LogP contribution in [0.5, 0.6) is 0 Å². The summed E-state index contributed by atoms with van der Waals surface area (Å²) in [6, 6.07) is 13.0. The van der Waals surface area contributed by atoms with E-state index in [2.05, 4.69) is 20.2 Å². The Morgan fingerprint density at radius 3 is 2.50 bits per heavy atom. The van der Waals surface area contributed by atoms with Gasteiger partial charge in [-0.3, -0.25) is 9.20 Å². The lowest BCUT2D eigenvalue weighted by Crippen LogP contribution is -2.40. The number of halogens is 3. The van der Waals surface area contributed by atoms with Gasteiger partial charge in [-0.25, -0.2) is 4.98 Å². The Labute approximate surface area is 194 Å². The number of rotatable bonds is 4. The lowest BCUT2D eigenvalue weighted by molar-refractivity contribution is -0.140. The average Bonchev–Trinajstić information content (AvgIpc) is 3.37. The van der Waals surface area contributed by atoms with Gasteiger partial charge in [-0.15, -0.1) is 0 Å². The molecule has 1 aliphatic rings. The monoisotopic (exact) mass is 469 g/mol. The van der Waals surface area contributed by atoms with Crippen LogP contribution in [-0.4, -0.2) is 31.9 Å². The van der Waals surface area contributed by atoms with E-state index >= 15 is 0 Å². The Kier molecular flexibility index (Phi) is 5.50. The number of hydrogen-bond donors (Lipinski definition) is 2. The van der Waals surface area contributed by atoms with Gasteiger partial charge in [0, 0.05) is 47.5 Å². The molecule has 1 saturated carbocycles. The fourth-order valence-corrected chi connectivity index (χ4v) is 4.81. The van der Waals surface area contributed by atoms with Crippen molar-refractivity contribution >= 4 is 28.3 Å². The summed E-state index contributed by atoms with van der Waals surface area (Å²) in [5.41, 5.74) is 2.15. The first-order valence-corrected chi connectivity index (χ1v) is 11.4. The molecule has 0 spiro atoms. The number of nitrogens with one attached hydrogen (secondary N) is 2. The summed E-state index contributed by atoms with van der Waals surface area (Å²) in [7, 11) is 1.99. The van der Waals surface area contributed by atoms with Gasteiger partial charge in [0.2, 0.25) is 0 Å². The van der Waals surface area contributed by atoms with Crippen molar-refractivity contribution in [2.45, 2.75) is 50.9 Å². The van der Waals surface area contributed by atoms with Crippen molar-refractivity contribution in [1.29, 1.82) is 0 Å². The molecule has 3 aromatic heterocycles. The minimum absolute atomic E-state index is 0.0616. The number of alkyl halides is 3. The molecule has 0 bridgehead atoms. The first-order valence-electron chi connectivity index (χ1n) is 11.4. The third-order valence-electron chi connectivity index (χ3n) is 6.77. The van der Waals surface area contributed by atoms with Gasteiger partial charge in [0.15, 0.2) is 5.69 Å². The molecule has 0 unspecified atom stereocenters. The summed E-state index contributed by atoms with van der Waals surface area (Å²) in [6.07, 6.45) is -0.271. The normalized spacial score (nSPS) is 19.0. The third-order valence-corrected chi connectivity index (χ3v) is 6.77. The Morgan fingerprint density at radius 1 is 1.06 bits per heavy atom. The molecule has 0 radical (unpaired) electrons. The molecule has 9 heteroatoms. The number of pyridine rings is 1. The molecule has 0 saturated heterocycles. The van der Waals surface area contributed by atoms with E-state index in [9.17, 15) is 18.0 Å². The van der Waals surface area contributed by atoms with E-state index in [-0.39, 0.29) is 23.6 Å². The molecule has 3 heterocycles. The number of benzene rings is 1. The fraction of sp³-hybridized carbons (Fsp3) is 0.360. The molecule has 0 aliphatic heterocycles. The van der Waals surface area contributed by atoms with Crippen molar-refractivity contribution in [3.05, 3.63) is 65.6 Å². The molecule has 1 amide bonds.